The van der Waals surface area contributed by atoms with Gasteiger partial charge in [-0.25, -0.2) is 0 Å². The second-order valence-corrected chi connectivity index (χ2v) is 3.53. The summed E-state index contributed by atoms with van der Waals surface area (Å²) in [6.07, 6.45) is 1.98. The number of hydrogen-bond donors (Lipinski definition) is 2. The fraction of sp³-hybridized carbons (Fsp3) is 0.667. The number of carbonyl (C=O) groups excluding carboxylic acids is 1. The lowest BCUT2D eigenvalue weighted by molar-refractivity contribution is -0.117. The van der Waals surface area contributed by atoms with Crippen LogP contribution < -0.4 is 10.6 Å². The van der Waals surface area contributed by atoms with E-state index in [-0.39, 0.29) is 5.91 Å². The summed E-state index contributed by atoms with van der Waals surface area (Å²) in [5.74, 6) is 1.13. The molecule has 1 amide bonds. The predicted octanol–water partition coefficient (Wildman–Crippen LogP) is -0.357. The molecule has 2 heterocycles. The third-order valence-corrected chi connectivity index (χ3v) is 2.56. The average molecular weight is 181 g/mol. The van der Waals surface area contributed by atoms with Gasteiger partial charge in [-0.15, -0.1) is 0 Å². The van der Waals surface area contributed by atoms with Crippen LogP contribution in [0.15, 0.2) is 11.4 Å². The predicted molar refractivity (Wildman–Crippen MR) is 49.9 cm³/mol. The molecule has 13 heavy (non-hydrogen) atoms. The summed E-state index contributed by atoms with van der Waals surface area (Å²) < 4.78 is 0. The number of nitrogens with one attached hydrogen (secondary N) is 2. The molecule has 0 unspecified atom stereocenters. The van der Waals surface area contributed by atoms with Crippen LogP contribution in [0.2, 0.25) is 0 Å². The molecule has 2 aliphatic heterocycles. The zero-order chi connectivity index (χ0) is 9.26. The fourth-order valence-corrected chi connectivity index (χ4v) is 1.88. The molecule has 0 saturated carbocycles. The molecule has 0 aromatic rings. The molecule has 0 fully saturated rings. The van der Waals surface area contributed by atoms with Crippen LogP contribution in [0.5, 0.6) is 0 Å². The minimum atomic E-state index is 0.103. The highest BCUT2D eigenvalue weighted by atomic mass is 16.1. The molecule has 0 bridgehead atoms. The van der Waals surface area contributed by atoms with Crippen molar-refractivity contribution in [3.8, 4) is 0 Å². The van der Waals surface area contributed by atoms with Crippen LogP contribution in [0.4, 0.5) is 0 Å². The van der Waals surface area contributed by atoms with Crippen molar-refractivity contribution >= 4 is 5.91 Å². The number of amides is 1. The van der Waals surface area contributed by atoms with Crippen molar-refractivity contribution in [1.82, 2.24) is 15.5 Å². The van der Waals surface area contributed by atoms with Gasteiger partial charge in [0.1, 0.15) is 5.82 Å². The molecule has 4 nitrogen and oxygen atoms in total. The van der Waals surface area contributed by atoms with Gasteiger partial charge in [-0.05, 0) is 12.8 Å². The Morgan fingerprint density at radius 2 is 2.08 bits per heavy atom. The molecule has 0 saturated heterocycles. The van der Waals surface area contributed by atoms with Crippen LogP contribution in [-0.2, 0) is 4.79 Å². The molecule has 0 atom stereocenters. The van der Waals surface area contributed by atoms with E-state index in [1.165, 1.54) is 0 Å². The first kappa shape index (κ1) is 8.41. The van der Waals surface area contributed by atoms with Gasteiger partial charge < -0.3 is 15.5 Å². The van der Waals surface area contributed by atoms with Crippen LogP contribution in [0, 0.1) is 0 Å². The maximum absolute atomic E-state index is 11.6. The van der Waals surface area contributed by atoms with E-state index >= 15 is 0 Å². The number of hydrogen-bond acceptors (Lipinski definition) is 3. The first-order valence-electron chi connectivity index (χ1n) is 4.75. The topological polar surface area (TPSA) is 44.4 Å². The van der Waals surface area contributed by atoms with Crippen LogP contribution in [-0.4, -0.2) is 37.5 Å². The molecule has 0 spiro atoms. The first-order valence-corrected chi connectivity index (χ1v) is 4.75. The van der Waals surface area contributed by atoms with Gasteiger partial charge in [0.25, 0.3) is 5.91 Å². The van der Waals surface area contributed by atoms with E-state index in [1.807, 2.05) is 7.05 Å². The summed E-state index contributed by atoms with van der Waals surface area (Å²) in [5.41, 5.74) is 0.922. The zero-order valence-electron chi connectivity index (χ0n) is 7.89. The third kappa shape index (κ3) is 1.48. The van der Waals surface area contributed by atoms with Crippen molar-refractivity contribution in [1.29, 1.82) is 0 Å². The van der Waals surface area contributed by atoms with Gasteiger partial charge in [-0.3, -0.25) is 4.79 Å². The quantitative estimate of drug-likeness (QED) is 0.536. The molecule has 4 heteroatoms. The van der Waals surface area contributed by atoms with E-state index in [9.17, 15) is 4.79 Å². The van der Waals surface area contributed by atoms with Gasteiger partial charge in [0.05, 0.1) is 5.57 Å². The molecule has 2 N–H and O–H groups in total. The Bertz CT molecular complexity index is 260. The maximum Gasteiger partial charge on any atom is 0.250 e. The Morgan fingerprint density at radius 3 is 2.92 bits per heavy atom. The van der Waals surface area contributed by atoms with E-state index in [0.29, 0.717) is 0 Å². The molecule has 0 radical (unpaired) electrons. The summed E-state index contributed by atoms with van der Waals surface area (Å²) in [7, 11) is 2.03. The average Bonchev–Trinajstić information content (AvgIpc) is 2.30. The van der Waals surface area contributed by atoms with Crippen molar-refractivity contribution < 1.29 is 4.79 Å². The highest BCUT2D eigenvalue weighted by Gasteiger charge is 2.23. The van der Waals surface area contributed by atoms with E-state index in [0.717, 1.165) is 43.9 Å². The van der Waals surface area contributed by atoms with E-state index in [4.69, 9.17) is 0 Å². The fourth-order valence-electron chi connectivity index (χ4n) is 1.88. The lowest BCUT2D eigenvalue weighted by atomic mass is 10.1. The van der Waals surface area contributed by atoms with Gasteiger partial charge in [-0.1, -0.05) is 0 Å². The Hall–Kier alpha value is -1.19. The summed E-state index contributed by atoms with van der Waals surface area (Å²) in [4.78, 5) is 13.7. The van der Waals surface area contributed by atoms with Crippen LogP contribution >= 0.6 is 0 Å². The van der Waals surface area contributed by atoms with Gasteiger partial charge >= 0.3 is 0 Å². The summed E-state index contributed by atoms with van der Waals surface area (Å²) in [5, 5.41) is 6.16. The lowest BCUT2D eigenvalue weighted by Crippen LogP contribution is -2.34. The Kier molecular flexibility index (Phi) is 2.12. The van der Waals surface area contributed by atoms with Crippen LogP contribution in [0.25, 0.3) is 0 Å². The number of nitrogens with zero attached hydrogens (tertiary/aromatic N) is 1. The van der Waals surface area contributed by atoms with Gasteiger partial charge in [0, 0.05) is 26.7 Å². The monoisotopic (exact) mass is 181 g/mol. The Balaban J connectivity index is 2.30. The smallest absolute Gasteiger partial charge is 0.250 e. The van der Waals surface area contributed by atoms with Crippen LogP contribution in [0.3, 0.4) is 0 Å². The molecule has 0 aromatic heterocycles. The van der Waals surface area contributed by atoms with Gasteiger partial charge in [0.2, 0.25) is 0 Å². The minimum Gasteiger partial charge on any atom is -0.370 e. The maximum atomic E-state index is 11.6. The lowest BCUT2D eigenvalue weighted by Gasteiger charge is -2.28. The van der Waals surface area contributed by atoms with E-state index < -0.39 is 0 Å². The second kappa shape index (κ2) is 3.28. The molecular weight excluding hydrogens is 166 g/mol. The van der Waals surface area contributed by atoms with Crippen LogP contribution in [0.1, 0.15) is 12.8 Å². The van der Waals surface area contributed by atoms with Gasteiger partial charge in [0.15, 0.2) is 0 Å². The molecule has 2 aliphatic rings. The summed E-state index contributed by atoms with van der Waals surface area (Å²) in [6, 6.07) is 0. The van der Waals surface area contributed by atoms with Crippen molar-refractivity contribution in [2.75, 3.05) is 26.7 Å². The summed E-state index contributed by atoms with van der Waals surface area (Å²) in [6.45, 7) is 2.59. The molecule has 0 aromatic carbocycles. The molecule has 2 rings (SSSR count). The van der Waals surface area contributed by atoms with E-state index in [2.05, 4.69) is 15.5 Å². The van der Waals surface area contributed by atoms with Crippen molar-refractivity contribution in [3.63, 3.8) is 0 Å². The Morgan fingerprint density at radius 1 is 1.31 bits per heavy atom. The summed E-state index contributed by atoms with van der Waals surface area (Å²) >= 11 is 0. The molecule has 72 valence electrons. The Labute approximate surface area is 78.0 Å². The molecule has 0 aliphatic carbocycles. The van der Waals surface area contributed by atoms with Crippen molar-refractivity contribution in [2.24, 2.45) is 0 Å². The number of rotatable bonds is 0. The minimum absolute atomic E-state index is 0.103. The largest absolute Gasteiger partial charge is 0.370 e. The standard InChI is InChI=1S/C9H15N3O/c1-12-6-2-3-7-8(12)10-4-5-11-9(7)13/h10H,2-6H2,1H3,(H,11,13). The van der Waals surface area contributed by atoms with Crippen molar-refractivity contribution in [2.45, 2.75) is 12.8 Å². The highest BCUT2D eigenvalue weighted by Crippen LogP contribution is 2.19. The third-order valence-electron chi connectivity index (χ3n) is 2.56. The normalized spacial score (nSPS) is 23.2. The first-order chi connectivity index (χ1) is 6.29. The highest BCUT2D eigenvalue weighted by molar-refractivity contribution is 5.94. The zero-order valence-corrected chi connectivity index (χ0v) is 7.89. The van der Waals surface area contributed by atoms with Crippen molar-refractivity contribution in [3.05, 3.63) is 11.4 Å². The van der Waals surface area contributed by atoms with Gasteiger partial charge in [-0.2, -0.15) is 0 Å². The van der Waals surface area contributed by atoms with E-state index in [1.54, 1.807) is 0 Å². The molecular formula is C9H15N3O. The second-order valence-electron chi connectivity index (χ2n) is 3.53. The number of carbonyl (C=O) groups is 1. The SMILES string of the molecule is CN1CCCC2=C1NCCNC2=O.